The normalized spacial score (nSPS) is 15.4. The summed E-state index contributed by atoms with van der Waals surface area (Å²) in [7, 11) is 0. The van der Waals surface area contributed by atoms with Gasteiger partial charge in [-0.3, -0.25) is 9.69 Å². The molecule has 0 atom stereocenters. The molecule has 1 aliphatic heterocycles. The van der Waals surface area contributed by atoms with Gasteiger partial charge >= 0.3 is 5.97 Å². The topological polar surface area (TPSA) is 72.9 Å². The Morgan fingerprint density at radius 1 is 1.09 bits per heavy atom. The van der Waals surface area contributed by atoms with E-state index in [0.29, 0.717) is 12.3 Å². The first-order chi connectivity index (χ1) is 15.6. The SMILES string of the molecule is CCOC(=O)C1CCN(Cc2c(-c3ccc4ccccc4c3)nc3ccc(N)cn23)CC1. The number of carbonyl (C=O) groups excluding carboxylic acids is 1. The molecular formula is C26H28N4O2. The Balaban J connectivity index is 1.48. The molecule has 2 aromatic carbocycles. The van der Waals surface area contributed by atoms with E-state index >= 15 is 0 Å². The van der Waals surface area contributed by atoms with E-state index in [1.165, 1.54) is 10.8 Å². The summed E-state index contributed by atoms with van der Waals surface area (Å²) in [5, 5.41) is 2.41. The molecule has 0 amide bonds. The third-order valence-electron chi connectivity index (χ3n) is 6.34. The first-order valence-corrected chi connectivity index (χ1v) is 11.3. The van der Waals surface area contributed by atoms with Crippen molar-refractivity contribution in [3.63, 3.8) is 0 Å². The second kappa shape index (κ2) is 8.63. The number of piperidine rings is 1. The number of ether oxygens (including phenoxy) is 1. The quantitative estimate of drug-likeness (QED) is 0.474. The molecule has 2 aromatic heterocycles. The Morgan fingerprint density at radius 2 is 1.88 bits per heavy atom. The summed E-state index contributed by atoms with van der Waals surface area (Å²) in [5.41, 5.74) is 10.9. The van der Waals surface area contributed by atoms with Crippen molar-refractivity contribution in [1.82, 2.24) is 14.3 Å². The fourth-order valence-electron chi connectivity index (χ4n) is 4.63. The lowest BCUT2D eigenvalue weighted by atomic mass is 9.96. The molecule has 0 spiro atoms. The van der Waals surface area contributed by atoms with Crippen molar-refractivity contribution in [3.8, 4) is 11.3 Å². The number of anilines is 1. The molecule has 0 radical (unpaired) electrons. The van der Waals surface area contributed by atoms with Gasteiger partial charge in [0.05, 0.1) is 23.9 Å². The zero-order valence-electron chi connectivity index (χ0n) is 18.3. The summed E-state index contributed by atoms with van der Waals surface area (Å²) in [5.74, 6) is -0.0597. The van der Waals surface area contributed by atoms with Crippen molar-refractivity contribution in [2.75, 3.05) is 25.4 Å². The van der Waals surface area contributed by atoms with E-state index in [4.69, 9.17) is 15.5 Å². The first kappa shape index (κ1) is 20.5. The van der Waals surface area contributed by atoms with E-state index in [0.717, 1.165) is 55.1 Å². The van der Waals surface area contributed by atoms with E-state index in [9.17, 15) is 4.79 Å². The van der Waals surface area contributed by atoms with Crippen LogP contribution >= 0.6 is 0 Å². The number of likely N-dealkylation sites (tertiary alicyclic amines) is 1. The van der Waals surface area contributed by atoms with Gasteiger partial charge in [-0.1, -0.05) is 36.4 Å². The van der Waals surface area contributed by atoms with Crippen LogP contribution in [0.1, 0.15) is 25.5 Å². The lowest BCUT2D eigenvalue weighted by Crippen LogP contribution is -2.36. The van der Waals surface area contributed by atoms with Crippen molar-refractivity contribution in [3.05, 3.63) is 66.5 Å². The van der Waals surface area contributed by atoms with Crippen LogP contribution in [0.25, 0.3) is 27.7 Å². The van der Waals surface area contributed by atoms with Crippen molar-refractivity contribution in [2.45, 2.75) is 26.3 Å². The third-order valence-corrected chi connectivity index (χ3v) is 6.34. The van der Waals surface area contributed by atoms with E-state index in [2.05, 4.69) is 51.8 Å². The zero-order valence-corrected chi connectivity index (χ0v) is 18.3. The summed E-state index contributed by atoms with van der Waals surface area (Å²) in [6.07, 6.45) is 3.60. The predicted molar refractivity (Wildman–Crippen MR) is 127 cm³/mol. The fourth-order valence-corrected chi connectivity index (χ4v) is 4.63. The van der Waals surface area contributed by atoms with Gasteiger partial charge in [0.1, 0.15) is 5.65 Å². The predicted octanol–water partition coefficient (Wildman–Crippen LogP) is 4.51. The van der Waals surface area contributed by atoms with Crippen LogP contribution in [0.3, 0.4) is 0 Å². The molecule has 5 rings (SSSR count). The highest BCUT2D eigenvalue weighted by Crippen LogP contribution is 2.30. The van der Waals surface area contributed by atoms with Gasteiger partial charge < -0.3 is 14.9 Å². The van der Waals surface area contributed by atoms with Crippen molar-refractivity contribution >= 4 is 28.1 Å². The van der Waals surface area contributed by atoms with Crippen LogP contribution in [0.2, 0.25) is 0 Å². The Kier molecular flexibility index (Phi) is 5.53. The fraction of sp³-hybridized carbons (Fsp3) is 0.308. The first-order valence-electron chi connectivity index (χ1n) is 11.3. The standard InChI is InChI=1S/C26H28N4O2/c1-2-32-26(31)19-11-13-29(14-12-19)17-23-25(28-24-10-9-22(27)16-30(23)24)21-8-7-18-5-3-4-6-20(18)15-21/h3-10,15-16,19H,2,11-14,17,27H2,1H3. The Morgan fingerprint density at radius 3 is 2.66 bits per heavy atom. The molecule has 1 saturated heterocycles. The van der Waals surface area contributed by atoms with E-state index in [1.54, 1.807) is 0 Å². The highest BCUT2D eigenvalue weighted by Gasteiger charge is 2.27. The minimum absolute atomic E-state index is 0.00369. The number of imidazole rings is 1. The van der Waals surface area contributed by atoms with Gasteiger partial charge in [-0.05, 0) is 61.8 Å². The Hall–Kier alpha value is -3.38. The highest BCUT2D eigenvalue weighted by molar-refractivity contribution is 5.87. The van der Waals surface area contributed by atoms with Gasteiger partial charge in [-0.2, -0.15) is 0 Å². The number of esters is 1. The summed E-state index contributed by atoms with van der Waals surface area (Å²) < 4.78 is 7.33. The summed E-state index contributed by atoms with van der Waals surface area (Å²) in [6, 6.07) is 18.7. The molecule has 1 aliphatic rings. The molecule has 32 heavy (non-hydrogen) atoms. The van der Waals surface area contributed by atoms with Crippen molar-refractivity contribution in [2.24, 2.45) is 5.92 Å². The third kappa shape index (κ3) is 3.94. The number of pyridine rings is 1. The molecule has 0 aliphatic carbocycles. The lowest BCUT2D eigenvalue weighted by Gasteiger charge is -2.30. The number of nitrogens with two attached hydrogens (primary N) is 1. The highest BCUT2D eigenvalue weighted by atomic mass is 16.5. The maximum absolute atomic E-state index is 12.1. The second-order valence-electron chi connectivity index (χ2n) is 8.46. The number of aromatic nitrogens is 2. The van der Waals surface area contributed by atoms with Crippen LogP contribution in [-0.4, -0.2) is 40.0 Å². The number of fused-ring (bicyclic) bond motifs is 2. The van der Waals surface area contributed by atoms with Crippen LogP contribution in [0.5, 0.6) is 0 Å². The van der Waals surface area contributed by atoms with Crippen LogP contribution in [0.4, 0.5) is 5.69 Å². The van der Waals surface area contributed by atoms with Crippen molar-refractivity contribution < 1.29 is 9.53 Å². The smallest absolute Gasteiger partial charge is 0.309 e. The molecule has 6 nitrogen and oxygen atoms in total. The Labute approximate surface area is 187 Å². The Bertz CT molecular complexity index is 1270. The van der Waals surface area contributed by atoms with E-state index in [1.807, 2.05) is 25.3 Å². The van der Waals surface area contributed by atoms with Crippen LogP contribution < -0.4 is 5.73 Å². The largest absolute Gasteiger partial charge is 0.466 e. The molecule has 1 fully saturated rings. The minimum atomic E-state index is -0.0634. The maximum atomic E-state index is 12.1. The van der Waals surface area contributed by atoms with Gasteiger partial charge in [0.2, 0.25) is 0 Å². The van der Waals surface area contributed by atoms with Gasteiger partial charge in [-0.25, -0.2) is 4.98 Å². The number of hydrogen-bond donors (Lipinski definition) is 1. The molecule has 2 N–H and O–H groups in total. The van der Waals surface area contributed by atoms with Crippen LogP contribution in [0.15, 0.2) is 60.8 Å². The molecule has 6 heteroatoms. The molecular weight excluding hydrogens is 400 g/mol. The molecule has 3 heterocycles. The van der Waals surface area contributed by atoms with Crippen LogP contribution in [0, 0.1) is 5.92 Å². The average Bonchev–Trinajstić information content (AvgIpc) is 3.17. The number of carbonyl (C=O) groups is 1. The molecule has 0 bridgehead atoms. The minimum Gasteiger partial charge on any atom is -0.466 e. The number of benzene rings is 2. The van der Waals surface area contributed by atoms with E-state index < -0.39 is 0 Å². The monoisotopic (exact) mass is 428 g/mol. The van der Waals surface area contributed by atoms with Crippen LogP contribution in [-0.2, 0) is 16.1 Å². The van der Waals surface area contributed by atoms with Gasteiger partial charge in [0, 0.05) is 24.0 Å². The molecule has 0 saturated carbocycles. The number of rotatable bonds is 5. The van der Waals surface area contributed by atoms with Gasteiger partial charge in [0.25, 0.3) is 0 Å². The van der Waals surface area contributed by atoms with Gasteiger partial charge in [0.15, 0.2) is 0 Å². The lowest BCUT2D eigenvalue weighted by molar-refractivity contribution is -0.149. The molecule has 4 aromatic rings. The second-order valence-corrected chi connectivity index (χ2v) is 8.46. The van der Waals surface area contributed by atoms with E-state index in [-0.39, 0.29) is 11.9 Å². The van der Waals surface area contributed by atoms with Crippen molar-refractivity contribution in [1.29, 1.82) is 0 Å². The maximum Gasteiger partial charge on any atom is 0.309 e. The average molecular weight is 429 g/mol. The summed E-state index contributed by atoms with van der Waals surface area (Å²) in [4.78, 5) is 19.5. The zero-order chi connectivity index (χ0) is 22.1. The molecule has 164 valence electrons. The summed E-state index contributed by atoms with van der Waals surface area (Å²) >= 11 is 0. The number of nitrogen functional groups attached to an aromatic ring is 1. The number of hydrogen-bond acceptors (Lipinski definition) is 5. The molecule has 0 unspecified atom stereocenters. The summed E-state index contributed by atoms with van der Waals surface area (Å²) in [6.45, 7) is 4.77. The van der Waals surface area contributed by atoms with Gasteiger partial charge in [-0.15, -0.1) is 0 Å². The number of nitrogens with zero attached hydrogens (tertiary/aromatic N) is 3.